The first kappa shape index (κ1) is 15.0. The molecule has 20 heavy (non-hydrogen) atoms. The van der Waals surface area contributed by atoms with E-state index in [9.17, 15) is 4.79 Å². The second-order valence-corrected chi connectivity index (χ2v) is 5.63. The minimum absolute atomic E-state index is 0.194. The highest BCUT2D eigenvalue weighted by Crippen LogP contribution is 2.24. The smallest absolute Gasteiger partial charge is 0.240 e. The molecule has 1 aliphatic rings. The van der Waals surface area contributed by atoms with E-state index in [4.69, 9.17) is 0 Å². The monoisotopic (exact) mass is 278 g/mol. The van der Waals surface area contributed by atoms with E-state index in [-0.39, 0.29) is 11.4 Å². The van der Waals surface area contributed by atoms with Gasteiger partial charge in [0, 0.05) is 25.5 Å². The zero-order valence-electron chi connectivity index (χ0n) is 12.4. The van der Waals surface area contributed by atoms with Crippen LogP contribution in [-0.4, -0.2) is 34.1 Å². The molecular weight excluding hydrogens is 252 g/mol. The molecule has 2 heterocycles. The molecule has 1 aromatic heterocycles. The van der Waals surface area contributed by atoms with Crippen LogP contribution in [0.15, 0.2) is 18.7 Å². The molecule has 1 aliphatic heterocycles. The lowest BCUT2D eigenvalue weighted by molar-refractivity contribution is -0.127. The molecule has 0 radical (unpaired) electrons. The lowest BCUT2D eigenvalue weighted by Crippen LogP contribution is -2.53. The van der Waals surface area contributed by atoms with Gasteiger partial charge >= 0.3 is 0 Å². The number of imidazole rings is 1. The van der Waals surface area contributed by atoms with Crippen molar-refractivity contribution in [3.8, 4) is 0 Å². The Balaban J connectivity index is 1.66. The lowest BCUT2D eigenvalue weighted by Gasteiger charge is -2.27. The van der Waals surface area contributed by atoms with Gasteiger partial charge in [-0.3, -0.25) is 4.79 Å². The Hall–Kier alpha value is -1.36. The Kier molecular flexibility index (Phi) is 5.59. The molecule has 5 heteroatoms. The van der Waals surface area contributed by atoms with Crippen molar-refractivity contribution in [3.05, 3.63) is 18.7 Å². The maximum absolute atomic E-state index is 12.4. The molecule has 0 aromatic carbocycles. The van der Waals surface area contributed by atoms with E-state index in [0.717, 1.165) is 58.2 Å². The van der Waals surface area contributed by atoms with Crippen molar-refractivity contribution in [1.29, 1.82) is 0 Å². The molecule has 0 aliphatic carbocycles. The van der Waals surface area contributed by atoms with Gasteiger partial charge in [0.1, 0.15) is 0 Å². The maximum Gasteiger partial charge on any atom is 0.240 e. The van der Waals surface area contributed by atoms with Crippen LogP contribution in [0, 0.1) is 0 Å². The summed E-state index contributed by atoms with van der Waals surface area (Å²) in [5.41, 5.74) is -0.293. The van der Waals surface area contributed by atoms with Crippen molar-refractivity contribution in [2.75, 3.05) is 13.1 Å². The van der Waals surface area contributed by atoms with E-state index in [2.05, 4.69) is 27.1 Å². The quantitative estimate of drug-likeness (QED) is 0.712. The standard InChI is InChI=1S/C15H26N4O/c1-2-6-15(7-5-9-18-15)14(20)17-8-3-4-11-19-12-10-16-13-19/h10,12-13,18H,2-9,11H2,1H3,(H,17,20). The Morgan fingerprint density at radius 3 is 3.05 bits per heavy atom. The van der Waals surface area contributed by atoms with Crippen molar-refractivity contribution >= 4 is 5.91 Å². The highest BCUT2D eigenvalue weighted by Gasteiger charge is 2.39. The normalized spacial score (nSPS) is 22.1. The molecule has 0 spiro atoms. The van der Waals surface area contributed by atoms with Crippen LogP contribution in [0.2, 0.25) is 0 Å². The van der Waals surface area contributed by atoms with Crippen molar-refractivity contribution in [1.82, 2.24) is 20.2 Å². The highest BCUT2D eigenvalue weighted by atomic mass is 16.2. The van der Waals surface area contributed by atoms with Gasteiger partial charge in [-0.1, -0.05) is 13.3 Å². The Labute approximate surface area is 121 Å². The zero-order chi connectivity index (χ0) is 14.3. The van der Waals surface area contributed by atoms with Gasteiger partial charge in [0.05, 0.1) is 11.9 Å². The average Bonchev–Trinajstić information content (AvgIpc) is 3.10. The number of rotatable bonds is 8. The number of carbonyl (C=O) groups is 1. The SMILES string of the molecule is CCCC1(C(=O)NCCCCn2ccnc2)CCCN1. The van der Waals surface area contributed by atoms with Crippen LogP contribution in [0.25, 0.3) is 0 Å². The first-order valence-electron chi connectivity index (χ1n) is 7.76. The minimum Gasteiger partial charge on any atom is -0.354 e. The second kappa shape index (κ2) is 7.43. The summed E-state index contributed by atoms with van der Waals surface area (Å²) in [5, 5.41) is 6.51. The van der Waals surface area contributed by atoms with Crippen LogP contribution in [0.5, 0.6) is 0 Å². The fourth-order valence-electron chi connectivity index (χ4n) is 2.96. The van der Waals surface area contributed by atoms with E-state index in [1.165, 1.54) is 0 Å². The summed E-state index contributed by atoms with van der Waals surface area (Å²) in [6.07, 6.45) is 11.7. The second-order valence-electron chi connectivity index (χ2n) is 5.63. The molecule has 1 aromatic rings. The molecule has 112 valence electrons. The topological polar surface area (TPSA) is 59.0 Å². The van der Waals surface area contributed by atoms with Crippen LogP contribution in [0.1, 0.15) is 45.4 Å². The molecular formula is C15H26N4O. The summed E-state index contributed by atoms with van der Waals surface area (Å²) in [6.45, 7) is 4.84. The fourth-order valence-corrected chi connectivity index (χ4v) is 2.96. The highest BCUT2D eigenvalue weighted by molar-refractivity contribution is 5.86. The molecule has 1 atom stereocenters. The van der Waals surface area contributed by atoms with Crippen molar-refractivity contribution in [2.24, 2.45) is 0 Å². The number of aromatic nitrogens is 2. The predicted molar refractivity (Wildman–Crippen MR) is 79.3 cm³/mol. The number of amides is 1. The summed E-state index contributed by atoms with van der Waals surface area (Å²) in [4.78, 5) is 16.4. The third-order valence-corrected chi connectivity index (χ3v) is 4.04. The van der Waals surface area contributed by atoms with Gasteiger partial charge in [0.2, 0.25) is 5.91 Å². The van der Waals surface area contributed by atoms with Crippen LogP contribution in [0.4, 0.5) is 0 Å². The zero-order valence-corrected chi connectivity index (χ0v) is 12.4. The molecule has 1 unspecified atom stereocenters. The third-order valence-electron chi connectivity index (χ3n) is 4.04. The average molecular weight is 278 g/mol. The number of nitrogens with zero attached hydrogens (tertiary/aromatic N) is 2. The van der Waals surface area contributed by atoms with E-state index in [1.54, 1.807) is 6.20 Å². The first-order chi connectivity index (χ1) is 9.77. The first-order valence-corrected chi connectivity index (χ1v) is 7.76. The minimum atomic E-state index is -0.293. The molecule has 1 saturated heterocycles. The van der Waals surface area contributed by atoms with Gasteiger partial charge in [0.15, 0.2) is 0 Å². The fraction of sp³-hybridized carbons (Fsp3) is 0.733. The van der Waals surface area contributed by atoms with Crippen LogP contribution in [-0.2, 0) is 11.3 Å². The van der Waals surface area contributed by atoms with Crippen LogP contribution >= 0.6 is 0 Å². The molecule has 0 bridgehead atoms. The molecule has 0 saturated carbocycles. The van der Waals surface area contributed by atoms with E-state index >= 15 is 0 Å². The Morgan fingerprint density at radius 2 is 2.40 bits per heavy atom. The predicted octanol–water partition coefficient (Wildman–Crippen LogP) is 1.70. The number of carbonyl (C=O) groups excluding carboxylic acids is 1. The Bertz CT molecular complexity index is 396. The van der Waals surface area contributed by atoms with Crippen molar-refractivity contribution in [2.45, 2.75) is 57.5 Å². The molecule has 5 nitrogen and oxygen atoms in total. The summed E-state index contributed by atoms with van der Waals surface area (Å²) in [6, 6.07) is 0. The van der Waals surface area contributed by atoms with Gasteiger partial charge in [-0.15, -0.1) is 0 Å². The summed E-state index contributed by atoms with van der Waals surface area (Å²) >= 11 is 0. The summed E-state index contributed by atoms with van der Waals surface area (Å²) in [7, 11) is 0. The number of hydrogen-bond acceptors (Lipinski definition) is 3. The molecule has 2 N–H and O–H groups in total. The number of hydrogen-bond donors (Lipinski definition) is 2. The van der Waals surface area contributed by atoms with E-state index in [0.29, 0.717) is 0 Å². The summed E-state index contributed by atoms with van der Waals surface area (Å²) < 4.78 is 2.07. The maximum atomic E-state index is 12.4. The molecule has 1 amide bonds. The summed E-state index contributed by atoms with van der Waals surface area (Å²) in [5.74, 6) is 0.194. The lowest BCUT2D eigenvalue weighted by atomic mass is 9.91. The van der Waals surface area contributed by atoms with Crippen LogP contribution < -0.4 is 10.6 Å². The number of aryl methyl sites for hydroxylation is 1. The number of nitrogens with one attached hydrogen (secondary N) is 2. The van der Waals surface area contributed by atoms with Gasteiger partial charge in [-0.25, -0.2) is 4.98 Å². The van der Waals surface area contributed by atoms with Gasteiger partial charge in [0.25, 0.3) is 0 Å². The van der Waals surface area contributed by atoms with Gasteiger partial charge in [-0.2, -0.15) is 0 Å². The third kappa shape index (κ3) is 3.82. The van der Waals surface area contributed by atoms with E-state index in [1.807, 2.05) is 12.5 Å². The van der Waals surface area contributed by atoms with Crippen LogP contribution in [0.3, 0.4) is 0 Å². The number of unbranched alkanes of at least 4 members (excludes halogenated alkanes) is 1. The largest absolute Gasteiger partial charge is 0.354 e. The van der Waals surface area contributed by atoms with Crippen molar-refractivity contribution < 1.29 is 4.79 Å². The molecule has 1 fully saturated rings. The molecule has 2 rings (SSSR count). The van der Waals surface area contributed by atoms with Crippen molar-refractivity contribution in [3.63, 3.8) is 0 Å². The van der Waals surface area contributed by atoms with E-state index < -0.39 is 0 Å². The Morgan fingerprint density at radius 1 is 1.50 bits per heavy atom. The van der Waals surface area contributed by atoms with Gasteiger partial charge in [-0.05, 0) is 38.6 Å². The van der Waals surface area contributed by atoms with Gasteiger partial charge < -0.3 is 15.2 Å².